The highest BCUT2D eigenvalue weighted by Gasteiger charge is 2.19. The maximum absolute atomic E-state index is 12.7. The molecule has 4 aromatic heterocycles. The summed E-state index contributed by atoms with van der Waals surface area (Å²) >= 11 is 0. The lowest BCUT2D eigenvalue weighted by Gasteiger charge is -2.04. The van der Waals surface area contributed by atoms with Gasteiger partial charge in [0.05, 0.1) is 23.1 Å². The van der Waals surface area contributed by atoms with Gasteiger partial charge in [0.15, 0.2) is 5.65 Å². The topological polar surface area (TPSA) is 94.0 Å². The second kappa shape index (κ2) is 5.91. The van der Waals surface area contributed by atoms with Crippen molar-refractivity contribution in [2.45, 2.75) is 27.3 Å². The average Bonchev–Trinajstić information content (AvgIpc) is 3.37. The van der Waals surface area contributed by atoms with Crippen LogP contribution in [0.3, 0.4) is 0 Å². The molecule has 4 heterocycles. The van der Waals surface area contributed by atoms with Crippen LogP contribution in [0.25, 0.3) is 39.3 Å². The van der Waals surface area contributed by atoms with Crippen LogP contribution in [0.1, 0.15) is 18.3 Å². The van der Waals surface area contributed by atoms with E-state index in [2.05, 4.69) is 22.1 Å². The van der Waals surface area contributed by atoms with Crippen molar-refractivity contribution in [1.29, 1.82) is 0 Å². The molecule has 0 unspecified atom stereocenters. The molecule has 0 atom stereocenters. The van der Waals surface area contributed by atoms with Crippen LogP contribution in [0.15, 0.2) is 45.9 Å². The van der Waals surface area contributed by atoms with Crippen LogP contribution in [0.5, 0.6) is 0 Å². The van der Waals surface area contributed by atoms with E-state index in [4.69, 9.17) is 9.40 Å². The molecule has 0 saturated heterocycles. The second-order valence-corrected chi connectivity index (χ2v) is 6.78. The van der Waals surface area contributed by atoms with E-state index in [0.717, 1.165) is 34.4 Å². The summed E-state index contributed by atoms with van der Waals surface area (Å²) < 4.78 is 8.91. The lowest BCUT2D eigenvalue weighted by Crippen LogP contribution is -2.14. The normalized spacial score (nSPS) is 11.7. The van der Waals surface area contributed by atoms with Crippen LogP contribution in [-0.4, -0.2) is 29.4 Å². The van der Waals surface area contributed by atoms with Gasteiger partial charge in [-0.2, -0.15) is 5.10 Å². The summed E-state index contributed by atoms with van der Waals surface area (Å²) in [6.07, 6.45) is 3.41. The number of aromatic nitrogens is 6. The highest BCUT2D eigenvalue weighted by molar-refractivity contribution is 5.84. The zero-order chi connectivity index (χ0) is 19.4. The number of oxazole rings is 1. The molecule has 8 heteroatoms. The zero-order valence-corrected chi connectivity index (χ0v) is 15.7. The minimum Gasteiger partial charge on any atom is -0.444 e. The maximum Gasteiger partial charge on any atom is 0.273 e. The molecule has 28 heavy (non-hydrogen) atoms. The number of nitrogens with zero attached hydrogens (tertiary/aromatic N) is 5. The SMILES string of the molecule is CCn1ncc2cc(-c3cc(=O)n4[nH]c(C)c(-c5nc(C)co5)c4n3)ccc21. The monoisotopic (exact) mass is 374 g/mol. The Bertz CT molecular complexity index is 1400. The van der Waals surface area contributed by atoms with Crippen molar-refractivity contribution in [3.8, 4) is 22.7 Å². The van der Waals surface area contributed by atoms with E-state index in [9.17, 15) is 4.79 Å². The van der Waals surface area contributed by atoms with Gasteiger partial charge in [-0.1, -0.05) is 6.07 Å². The minimum absolute atomic E-state index is 0.193. The van der Waals surface area contributed by atoms with Crippen molar-refractivity contribution in [2.24, 2.45) is 0 Å². The third kappa shape index (κ3) is 2.38. The molecule has 0 amide bonds. The summed E-state index contributed by atoms with van der Waals surface area (Å²) in [5, 5.41) is 8.44. The highest BCUT2D eigenvalue weighted by atomic mass is 16.3. The Morgan fingerprint density at radius 2 is 2.04 bits per heavy atom. The molecule has 0 aliphatic carbocycles. The summed E-state index contributed by atoms with van der Waals surface area (Å²) in [6, 6.07) is 7.49. The predicted molar refractivity (Wildman–Crippen MR) is 105 cm³/mol. The van der Waals surface area contributed by atoms with Gasteiger partial charge in [-0.15, -0.1) is 0 Å². The average molecular weight is 374 g/mol. The van der Waals surface area contributed by atoms with Crippen LogP contribution in [0.4, 0.5) is 0 Å². The van der Waals surface area contributed by atoms with Crippen LogP contribution in [0.2, 0.25) is 0 Å². The van der Waals surface area contributed by atoms with Crippen LogP contribution in [-0.2, 0) is 6.54 Å². The Morgan fingerprint density at radius 1 is 1.18 bits per heavy atom. The number of aryl methyl sites for hydroxylation is 3. The molecule has 5 aromatic rings. The lowest BCUT2D eigenvalue weighted by atomic mass is 10.1. The molecule has 0 aliphatic rings. The van der Waals surface area contributed by atoms with E-state index in [1.54, 1.807) is 6.26 Å². The fourth-order valence-electron chi connectivity index (χ4n) is 3.52. The fraction of sp³-hybridized carbons (Fsp3) is 0.200. The van der Waals surface area contributed by atoms with Gasteiger partial charge in [0.2, 0.25) is 5.89 Å². The zero-order valence-electron chi connectivity index (χ0n) is 15.7. The van der Waals surface area contributed by atoms with Crippen molar-refractivity contribution in [1.82, 2.24) is 29.4 Å². The summed E-state index contributed by atoms with van der Waals surface area (Å²) in [6.45, 7) is 6.58. The number of aromatic amines is 1. The molecule has 0 aliphatic heterocycles. The molecule has 140 valence electrons. The van der Waals surface area contributed by atoms with Gasteiger partial charge in [-0.25, -0.2) is 14.5 Å². The molecular weight excluding hydrogens is 356 g/mol. The number of H-pyrrole nitrogens is 1. The van der Waals surface area contributed by atoms with Gasteiger partial charge in [0.25, 0.3) is 5.56 Å². The van der Waals surface area contributed by atoms with Gasteiger partial charge in [-0.05, 0) is 32.9 Å². The van der Waals surface area contributed by atoms with Crippen LogP contribution >= 0.6 is 0 Å². The molecule has 8 nitrogen and oxygen atoms in total. The quantitative estimate of drug-likeness (QED) is 0.523. The van der Waals surface area contributed by atoms with E-state index < -0.39 is 0 Å². The summed E-state index contributed by atoms with van der Waals surface area (Å²) in [7, 11) is 0. The molecule has 0 saturated carbocycles. The van der Waals surface area contributed by atoms with Gasteiger partial charge < -0.3 is 4.42 Å². The highest BCUT2D eigenvalue weighted by Crippen LogP contribution is 2.28. The summed E-state index contributed by atoms with van der Waals surface area (Å²) in [4.78, 5) is 21.9. The number of fused-ring (bicyclic) bond motifs is 2. The molecule has 1 N–H and O–H groups in total. The number of hydrogen-bond donors (Lipinski definition) is 1. The minimum atomic E-state index is -0.193. The Morgan fingerprint density at radius 3 is 2.79 bits per heavy atom. The third-order valence-electron chi connectivity index (χ3n) is 4.87. The van der Waals surface area contributed by atoms with Crippen LogP contribution in [0, 0.1) is 13.8 Å². The van der Waals surface area contributed by atoms with Crippen molar-refractivity contribution in [3.63, 3.8) is 0 Å². The van der Waals surface area contributed by atoms with Crippen molar-refractivity contribution in [2.75, 3.05) is 0 Å². The summed E-state index contributed by atoms with van der Waals surface area (Å²) in [5.41, 5.74) is 5.03. The largest absolute Gasteiger partial charge is 0.444 e. The molecule has 0 spiro atoms. The van der Waals surface area contributed by atoms with E-state index >= 15 is 0 Å². The number of nitrogens with one attached hydrogen (secondary N) is 1. The standard InChI is InChI=1S/C20H18N6O2/c1-4-25-16-6-5-13(7-14(16)9-21-25)15-8-17(27)26-19(23-15)18(12(3)24-26)20-22-11(2)10-28-20/h5-10,24H,4H2,1-3H3. The second-order valence-electron chi connectivity index (χ2n) is 6.78. The fourth-order valence-corrected chi connectivity index (χ4v) is 3.52. The van der Waals surface area contributed by atoms with E-state index in [1.165, 1.54) is 10.6 Å². The predicted octanol–water partition coefficient (Wildman–Crippen LogP) is 3.33. The molecule has 5 rings (SSSR count). The molecule has 1 aromatic carbocycles. The summed E-state index contributed by atoms with van der Waals surface area (Å²) in [5.74, 6) is 0.442. The number of benzene rings is 1. The van der Waals surface area contributed by atoms with E-state index in [1.807, 2.05) is 42.9 Å². The molecule has 0 fully saturated rings. The van der Waals surface area contributed by atoms with Crippen molar-refractivity contribution < 1.29 is 4.42 Å². The van der Waals surface area contributed by atoms with Crippen molar-refractivity contribution in [3.05, 3.63) is 58.5 Å². The first-order valence-electron chi connectivity index (χ1n) is 9.06. The first-order chi connectivity index (χ1) is 13.5. The van der Waals surface area contributed by atoms with Gasteiger partial charge in [0.1, 0.15) is 11.8 Å². The third-order valence-corrected chi connectivity index (χ3v) is 4.87. The first-order valence-corrected chi connectivity index (χ1v) is 9.06. The Hall–Kier alpha value is -3.68. The van der Waals surface area contributed by atoms with Crippen molar-refractivity contribution >= 4 is 16.6 Å². The first kappa shape index (κ1) is 16.5. The molecular formula is C20H18N6O2. The smallest absolute Gasteiger partial charge is 0.273 e. The Labute approximate surface area is 159 Å². The number of rotatable bonds is 3. The van der Waals surface area contributed by atoms with Gasteiger partial charge >= 0.3 is 0 Å². The molecule has 0 radical (unpaired) electrons. The number of hydrogen-bond acceptors (Lipinski definition) is 5. The molecule has 0 bridgehead atoms. The van der Waals surface area contributed by atoms with E-state index in [-0.39, 0.29) is 5.56 Å². The van der Waals surface area contributed by atoms with E-state index in [0.29, 0.717) is 22.8 Å². The van der Waals surface area contributed by atoms with Gasteiger partial charge in [-0.3, -0.25) is 14.6 Å². The Balaban J connectivity index is 1.74. The maximum atomic E-state index is 12.7. The van der Waals surface area contributed by atoms with Gasteiger partial charge in [0, 0.05) is 29.3 Å². The van der Waals surface area contributed by atoms with Crippen LogP contribution < -0.4 is 5.56 Å². The lowest BCUT2D eigenvalue weighted by molar-refractivity contribution is 0.573. The Kier molecular flexibility index (Phi) is 3.48.